The van der Waals surface area contributed by atoms with E-state index >= 15 is 0 Å². The van der Waals surface area contributed by atoms with Crippen LogP contribution in [0.25, 0.3) is 11.6 Å². The highest BCUT2D eigenvalue weighted by Gasteiger charge is 2.13. The van der Waals surface area contributed by atoms with Gasteiger partial charge in [0.25, 0.3) is 0 Å². The van der Waals surface area contributed by atoms with Crippen LogP contribution in [0.15, 0.2) is 48.5 Å². The first-order valence-electron chi connectivity index (χ1n) is 8.31. The van der Waals surface area contributed by atoms with E-state index in [9.17, 15) is 5.26 Å². The third-order valence-electron chi connectivity index (χ3n) is 3.78. The summed E-state index contributed by atoms with van der Waals surface area (Å²) in [4.78, 5) is 12.5. The molecule has 0 radical (unpaired) electrons. The Balaban J connectivity index is 2.02. The number of benzene rings is 2. The smallest absolute Gasteiger partial charge is 0.232 e. The fourth-order valence-electron chi connectivity index (χ4n) is 2.55. The molecule has 3 aromatic rings. The lowest BCUT2D eigenvalue weighted by Gasteiger charge is -2.10. The number of anilines is 3. The van der Waals surface area contributed by atoms with Crippen molar-refractivity contribution in [3.63, 3.8) is 0 Å². The minimum Gasteiger partial charge on any atom is -0.493 e. The van der Waals surface area contributed by atoms with E-state index in [2.05, 4.69) is 26.3 Å². The maximum absolute atomic E-state index is 9.65. The summed E-state index contributed by atoms with van der Waals surface area (Å²) in [5, 5.41) is 12.7. The Labute approximate surface area is 162 Å². The molecule has 0 amide bonds. The van der Waals surface area contributed by atoms with Crippen LogP contribution in [-0.2, 0) is 0 Å². The molecule has 3 rings (SSSR count). The van der Waals surface area contributed by atoms with E-state index in [1.807, 2.05) is 30.3 Å². The Morgan fingerprint density at radius 3 is 2.50 bits per heavy atom. The molecule has 0 aliphatic carbocycles. The van der Waals surface area contributed by atoms with Crippen molar-refractivity contribution in [1.29, 1.82) is 5.26 Å². The predicted octanol–water partition coefficient (Wildman–Crippen LogP) is 3.28. The molecule has 0 saturated heterocycles. The number of nitrogens with zero attached hydrogens (tertiary/aromatic N) is 4. The lowest BCUT2D eigenvalue weighted by molar-refractivity contribution is 0.354. The van der Waals surface area contributed by atoms with Crippen LogP contribution in [0.5, 0.6) is 11.5 Å². The number of ether oxygens (including phenoxy) is 2. The number of nitrogens with two attached hydrogens (primary N) is 1. The Bertz CT molecular complexity index is 1040. The average Bonchev–Trinajstić information content (AvgIpc) is 2.71. The van der Waals surface area contributed by atoms with E-state index in [4.69, 9.17) is 15.2 Å². The molecule has 3 N–H and O–H groups in total. The molecule has 8 heteroatoms. The summed E-state index contributed by atoms with van der Waals surface area (Å²) < 4.78 is 10.7. The number of rotatable bonds is 6. The van der Waals surface area contributed by atoms with Crippen molar-refractivity contribution >= 4 is 29.2 Å². The minimum atomic E-state index is 0.00203. The second-order valence-electron chi connectivity index (χ2n) is 5.58. The van der Waals surface area contributed by atoms with Gasteiger partial charge in [-0.2, -0.15) is 20.2 Å². The second kappa shape index (κ2) is 8.51. The van der Waals surface area contributed by atoms with Crippen molar-refractivity contribution < 1.29 is 9.47 Å². The maximum Gasteiger partial charge on any atom is 0.232 e. The van der Waals surface area contributed by atoms with Crippen LogP contribution in [0.3, 0.4) is 0 Å². The zero-order valence-electron chi connectivity index (χ0n) is 15.4. The topological polar surface area (TPSA) is 119 Å². The summed E-state index contributed by atoms with van der Waals surface area (Å²) in [7, 11) is 3.08. The monoisotopic (exact) mass is 374 g/mol. The first-order chi connectivity index (χ1) is 13.6. The zero-order valence-corrected chi connectivity index (χ0v) is 15.4. The number of methoxy groups -OCH3 is 2. The lowest BCUT2D eigenvalue weighted by Crippen LogP contribution is -2.06. The van der Waals surface area contributed by atoms with E-state index in [0.717, 1.165) is 5.69 Å². The second-order valence-corrected chi connectivity index (χ2v) is 5.58. The van der Waals surface area contributed by atoms with Crippen molar-refractivity contribution in [2.75, 3.05) is 25.3 Å². The summed E-state index contributed by atoms with van der Waals surface area (Å²) in [6.07, 6.45) is 1.61. The number of hydrogen-bond donors (Lipinski definition) is 2. The summed E-state index contributed by atoms with van der Waals surface area (Å²) in [5.41, 5.74) is 7.46. The number of aromatic nitrogens is 3. The van der Waals surface area contributed by atoms with E-state index in [-0.39, 0.29) is 23.3 Å². The van der Waals surface area contributed by atoms with Crippen LogP contribution in [-0.4, -0.2) is 29.2 Å². The minimum absolute atomic E-state index is 0.00203. The summed E-state index contributed by atoms with van der Waals surface area (Å²) in [6, 6.07) is 16.8. The molecular formula is C20H18N6O2. The Kier molecular flexibility index (Phi) is 5.67. The van der Waals surface area contributed by atoms with Crippen LogP contribution < -0.4 is 20.5 Å². The number of nitriles is 1. The number of allylic oxidation sites excluding steroid dienone is 1. The molecule has 8 nitrogen and oxygen atoms in total. The van der Waals surface area contributed by atoms with Crippen LogP contribution >= 0.6 is 0 Å². The summed E-state index contributed by atoms with van der Waals surface area (Å²) in [5.74, 6) is 1.45. The summed E-state index contributed by atoms with van der Waals surface area (Å²) in [6.45, 7) is 0. The van der Waals surface area contributed by atoms with Gasteiger partial charge < -0.3 is 20.5 Å². The van der Waals surface area contributed by atoms with Gasteiger partial charge in [0.2, 0.25) is 11.9 Å². The third-order valence-corrected chi connectivity index (χ3v) is 3.78. The largest absolute Gasteiger partial charge is 0.493 e. The highest BCUT2D eigenvalue weighted by molar-refractivity contribution is 5.89. The first-order valence-corrected chi connectivity index (χ1v) is 8.31. The number of nitrogen functional groups attached to an aromatic ring is 1. The molecule has 0 unspecified atom stereocenters. The molecule has 0 fully saturated rings. The van der Waals surface area contributed by atoms with E-state index in [0.29, 0.717) is 17.1 Å². The van der Waals surface area contributed by atoms with Gasteiger partial charge in [-0.25, -0.2) is 0 Å². The average molecular weight is 374 g/mol. The molecule has 0 atom stereocenters. The van der Waals surface area contributed by atoms with Crippen molar-refractivity contribution in [2.24, 2.45) is 0 Å². The Morgan fingerprint density at radius 1 is 1.04 bits per heavy atom. The molecule has 28 heavy (non-hydrogen) atoms. The SMILES string of the molecule is COc1cccc(C=C(C#N)c2nc(N)nc(Nc3ccccc3)n2)c1OC. The van der Waals surface area contributed by atoms with Crippen LogP contribution in [0.1, 0.15) is 11.4 Å². The molecule has 0 saturated carbocycles. The van der Waals surface area contributed by atoms with E-state index in [1.165, 1.54) is 7.11 Å². The molecule has 0 bridgehead atoms. The summed E-state index contributed by atoms with van der Waals surface area (Å²) >= 11 is 0. The van der Waals surface area contributed by atoms with Crippen molar-refractivity contribution in [2.45, 2.75) is 0 Å². The lowest BCUT2D eigenvalue weighted by atomic mass is 10.1. The van der Waals surface area contributed by atoms with Gasteiger partial charge in [-0.05, 0) is 24.3 Å². The molecule has 140 valence electrons. The van der Waals surface area contributed by atoms with Gasteiger partial charge in [0, 0.05) is 11.3 Å². The van der Waals surface area contributed by atoms with Gasteiger partial charge >= 0.3 is 0 Å². The maximum atomic E-state index is 9.65. The fraction of sp³-hybridized carbons (Fsp3) is 0.100. The van der Waals surface area contributed by atoms with E-state index < -0.39 is 0 Å². The Hall–Kier alpha value is -4.12. The van der Waals surface area contributed by atoms with Gasteiger partial charge in [0.15, 0.2) is 17.3 Å². The molecule has 1 aromatic heterocycles. The predicted molar refractivity (Wildman–Crippen MR) is 107 cm³/mol. The highest BCUT2D eigenvalue weighted by atomic mass is 16.5. The number of para-hydroxylation sites is 2. The van der Waals surface area contributed by atoms with Crippen molar-refractivity contribution in [1.82, 2.24) is 15.0 Å². The van der Waals surface area contributed by atoms with Gasteiger partial charge in [-0.15, -0.1) is 0 Å². The quantitative estimate of drug-likeness (QED) is 0.631. The van der Waals surface area contributed by atoms with Crippen LogP contribution in [0.4, 0.5) is 17.6 Å². The van der Waals surface area contributed by atoms with Gasteiger partial charge in [-0.3, -0.25) is 0 Å². The standard InChI is InChI=1S/C20H18N6O2/c1-27-16-10-6-7-13(17(16)28-2)11-14(12-21)18-24-19(22)26-20(25-18)23-15-8-4-3-5-9-15/h3-11H,1-2H3,(H3,22,23,24,25,26). The van der Waals surface area contributed by atoms with Crippen LogP contribution in [0.2, 0.25) is 0 Å². The number of hydrogen-bond acceptors (Lipinski definition) is 8. The highest BCUT2D eigenvalue weighted by Crippen LogP contribution is 2.33. The number of nitrogens with one attached hydrogen (secondary N) is 1. The molecule has 1 heterocycles. The van der Waals surface area contributed by atoms with E-state index in [1.54, 1.807) is 31.4 Å². The van der Waals surface area contributed by atoms with Gasteiger partial charge in [-0.1, -0.05) is 30.3 Å². The molecule has 0 spiro atoms. The molecule has 0 aliphatic rings. The van der Waals surface area contributed by atoms with Crippen molar-refractivity contribution in [3.8, 4) is 17.6 Å². The molecule has 2 aromatic carbocycles. The third kappa shape index (κ3) is 4.16. The van der Waals surface area contributed by atoms with Gasteiger partial charge in [0.05, 0.1) is 19.8 Å². The molecule has 0 aliphatic heterocycles. The Morgan fingerprint density at radius 2 is 1.82 bits per heavy atom. The normalized spacial score (nSPS) is 10.8. The molecular weight excluding hydrogens is 356 g/mol. The van der Waals surface area contributed by atoms with Gasteiger partial charge in [0.1, 0.15) is 6.07 Å². The first kappa shape index (κ1) is 18.7. The van der Waals surface area contributed by atoms with Crippen LogP contribution in [0, 0.1) is 11.3 Å². The van der Waals surface area contributed by atoms with Crippen molar-refractivity contribution in [3.05, 3.63) is 59.9 Å². The zero-order chi connectivity index (χ0) is 19.9. The fourth-order valence-corrected chi connectivity index (χ4v) is 2.55.